The predicted molar refractivity (Wildman–Crippen MR) is 68.3 cm³/mol. The first kappa shape index (κ1) is 13.8. The van der Waals surface area contributed by atoms with Gasteiger partial charge in [0.2, 0.25) is 0 Å². The van der Waals surface area contributed by atoms with Crippen molar-refractivity contribution in [1.29, 1.82) is 0 Å². The molecule has 4 nitrogen and oxygen atoms in total. The number of halogens is 1. The molecule has 0 saturated heterocycles. The van der Waals surface area contributed by atoms with Gasteiger partial charge in [0.15, 0.2) is 18.2 Å². The summed E-state index contributed by atoms with van der Waals surface area (Å²) >= 11 is 0. The number of aliphatic hydroxyl groups excluding tert-OH is 1. The summed E-state index contributed by atoms with van der Waals surface area (Å²) in [4.78, 5) is 11.7. The molecule has 0 unspecified atom stereocenters. The van der Waals surface area contributed by atoms with Gasteiger partial charge in [-0.05, 0) is 37.8 Å². The van der Waals surface area contributed by atoms with Crippen LogP contribution in [0.25, 0.3) is 0 Å². The molecule has 2 rings (SSSR count). The van der Waals surface area contributed by atoms with E-state index < -0.39 is 5.82 Å². The van der Waals surface area contributed by atoms with Crippen molar-refractivity contribution in [3.63, 3.8) is 0 Å². The van der Waals surface area contributed by atoms with Crippen molar-refractivity contribution in [1.82, 2.24) is 5.32 Å². The number of para-hydroxylation sites is 1. The van der Waals surface area contributed by atoms with E-state index in [1.54, 1.807) is 12.1 Å². The van der Waals surface area contributed by atoms with Crippen LogP contribution in [0.5, 0.6) is 5.75 Å². The van der Waals surface area contributed by atoms with E-state index >= 15 is 0 Å². The van der Waals surface area contributed by atoms with Crippen molar-refractivity contribution in [3.05, 3.63) is 30.1 Å². The third-order valence-corrected chi connectivity index (χ3v) is 3.26. The zero-order valence-electron chi connectivity index (χ0n) is 10.6. The summed E-state index contributed by atoms with van der Waals surface area (Å²) in [7, 11) is 0. The Bertz CT molecular complexity index is 430. The number of nitrogens with one attached hydrogen (secondary N) is 1. The lowest BCUT2D eigenvalue weighted by atomic mass is 9.93. The normalized spacial score (nSPS) is 22.8. The van der Waals surface area contributed by atoms with Crippen LogP contribution >= 0.6 is 0 Å². The smallest absolute Gasteiger partial charge is 0.258 e. The molecule has 1 saturated carbocycles. The quantitative estimate of drug-likeness (QED) is 0.871. The molecule has 1 aliphatic carbocycles. The minimum atomic E-state index is -0.476. The second kappa shape index (κ2) is 6.52. The van der Waals surface area contributed by atoms with Crippen molar-refractivity contribution in [2.24, 2.45) is 0 Å². The van der Waals surface area contributed by atoms with Crippen molar-refractivity contribution in [3.8, 4) is 5.75 Å². The molecule has 1 fully saturated rings. The minimum Gasteiger partial charge on any atom is -0.481 e. The molecule has 1 amide bonds. The number of amides is 1. The Kier molecular flexibility index (Phi) is 4.74. The van der Waals surface area contributed by atoms with Gasteiger partial charge >= 0.3 is 0 Å². The number of hydrogen-bond donors (Lipinski definition) is 2. The van der Waals surface area contributed by atoms with E-state index in [2.05, 4.69) is 5.32 Å². The maximum atomic E-state index is 13.3. The number of rotatable bonds is 4. The lowest BCUT2D eigenvalue weighted by molar-refractivity contribution is -0.124. The highest BCUT2D eigenvalue weighted by Crippen LogP contribution is 2.18. The van der Waals surface area contributed by atoms with Crippen LogP contribution in [0.4, 0.5) is 4.39 Å². The SMILES string of the molecule is O=C(COc1ccccc1F)NC1CCC(O)CC1. The summed E-state index contributed by atoms with van der Waals surface area (Å²) < 4.78 is 18.4. The first-order valence-electron chi connectivity index (χ1n) is 6.50. The van der Waals surface area contributed by atoms with Crippen LogP contribution in [0.2, 0.25) is 0 Å². The molecule has 0 heterocycles. The van der Waals surface area contributed by atoms with E-state index in [4.69, 9.17) is 4.74 Å². The number of benzene rings is 1. The van der Waals surface area contributed by atoms with E-state index in [0.717, 1.165) is 12.8 Å². The monoisotopic (exact) mass is 267 g/mol. The summed E-state index contributed by atoms with van der Waals surface area (Å²) in [5.74, 6) is -0.655. The molecule has 0 spiro atoms. The van der Waals surface area contributed by atoms with Gasteiger partial charge in [0.05, 0.1) is 6.10 Å². The second-order valence-corrected chi connectivity index (χ2v) is 4.79. The Morgan fingerprint density at radius 2 is 2.00 bits per heavy atom. The van der Waals surface area contributed by atoms with E-state index in [0.29, 0.717) is 12.8 Å². The highest BCUT2D eigenvalue weighted by Gasteiger charge is 2.20. The van der Waals surface area contributed by atoms with Crippen molar-refractivity contribution < 1.29 is 19.0 Å². The highest BCUT2D eigenvalue weighted by molar-refractivity contribution is 5.77. The molecule has 1 aromatic rings. The number of carbonyl (C=O) groups is 1. The van der Waals surface area contributed by atoms with Gasteiger partial charge in [0.25, 0.3) is 5.91 Å². The van der Waals surface area contributed by atoms with Crippen molar-refractivity contribution in [2.45, 2.75) is 37.8 Å². The third-order valence-electron chi connectivity index (χ3n) is 3.26. The fourth-order valence-electron chi connectivity index (χ4n) is 2.19. The highest BCUT2D eigenvalue weighted by atomic mass is 19.1. The van der Waals surface area contributed by atoms with Crippen molar-refractivity contribution in [2.75, 3.05) is 6.61 Å². The average Bonchev–Trinajstić information content (AvgIpc) is 2.40. The zero-order valence-corrected chi connectivity index (χ0v) is 10.6. The summed E-state index contributed by atoms with van der Waals surface area (Å²) in [5, 5.41) is 12.2. The van der Waals surface area contributed by atoms with Gasteiger partial charge < -0.3 is 15.2 Å². The molecule has 0 aliphatic heterocycles. The number of ether oxygens (including phenoxy) is 1. The second-order valence-electron chi connectivity index (χ2n) is 4.79. The van der Waals surface area contributed by atoms with Gasteiger partial charge in [-0.1, -0.05) is 12.1 Å². The van der Waals surface area contributed by atoms with Gasteiger partial charge in [-0.15, -0.1) is 0 Å². The number of carbonyl (C=O) groups excluding carboxylic acids is 1. The minimum absolute atomic E-state index is 0.0803. The molecule has 0 bridgehead atoms. The molecule has 0 radical (unpaired) electrons. The average molecular weight is 267 g/mol. The van der Waals surface area contributed by atoms with Gasteiger partial charge in [-0.3, -0.25) is 4.79 Å². The number of hydrogen-bond acceptors (Lipinski definition) is 3. The standard InChI is InChI=1S/C14H18FNO3/c15-12-3-1-2-4-13(12)19-9-14(18)16-10-5-7-11(17)8-6-10/h1-4,10-11,17H,5-9H2,(H,16,18). The van der Waals surface area contributed by atoms with Gasteiger partial charge in [-0.25, -0.2) is 4.39 Å². The van der Waals surface area contributed by atoms with E-state index in [9.17, 15) is 14.3 Å². The van der Waals surface area contributed by atoms with Crippen LogP contribution in [0, 0.1) is 5.82 Å². The lowest BCUT2D eigenvalue weighted by Crippen LogP contribution is -2.40. The molecule has 2 N–H and O–H groups in total. The summed E-state index contributed by atoms with van der Waals surface area (Å²) in [5.41, 5.74) is 0. The molecular weight excluding hydrogens is 249 g/mol. The first-order chi connectivity index (χ1) is 9.15. The Labute approximate surface area is 111 Å². The molecule has 0 atom stereocenters. The van der Waals surface area contributed by atoms with E-state index in [1.807, 2.05) is 0 Å². The predicted octanol–water partition coefficient (Wildman–Crippen LogP) is 1.62. The molecule has 104 valence electrons. The molecule has 5 heteroatoms. The van der Waals surface area contributed by atoms with Crippen LogP contribution in [-0.2, 0) is 4.79 Å². The zero-order chi connectivity index (χ0) is 13.7. The number of aliphatic hydroxyl groups is 1. The van der Waals surface area contributed by atoms with Crippen LogP contribution in [0.15, 0.2) is 24.3 Å². The Balaban J connectivity index is 1.74. The lowest BCUT2D eigenvalue weighted by Gasteiger charge is -2.26. The van der Waals surface area contributed by atoms with Gasteiger partial charge in [0, 0.05) is 6.04 Å². The molecule has 1 aliphatic rings. The van der Waals surface area contributed by atoms with Crippen LogP contribution in [0.1, 0.15) is 25.7 Å². The summed E-state index contributed by atoms with van der Waals surface area (Å²) in [6, 6.07) is 6.07. The fraction of sp³-hybridized carbons (Fsp3) is 0.500. The maximum Gasteiger partial charge on any atom is 0.258 e. The van der Waals surface area contributed by atoms with E-state index in [-0.39, 0.29) is 30.4 Å². The molecular formula is C14H18FNO3. The topological polar surface area (TPSA) is 58.6 Å². The van der Waals surface area contributed by atoms with Crippen LogP contribution < -0.4 is 10.1 Å². The van der Waals surface area contributed by atoms with E-state index in [1.165, 1.54) is 12.1 Å². The van der Waals surface area contributed by atoms with Crippen molar-refractivity contribution >= 4 is 5.91 Å². The first-order valence-corrected chi connectivity index (χ1v) is 6.50. The fourth-order valence-corrected chi connectivity index (χ4v) is 2.19. The maximum absolute atomic E-state index is 13.3. The summed E-state index contributed by atoms with van der Waals surface area (Å²) in [6.07, 6.45) is 2.71. The molecule has 1 aromatic carbocycles. The van der Waals surface area contributed by atoms with Crippen LogP contribution in [-0.4, -0.2) is 29.8 Å². The largest absolute Gasteiger partial charge is 0.481 e. The Hall–Kier alpha value is -1.62. The summed E-state index contributed by atoms with van der Waals surface area (Å²) in [6.45, 7) is -0.194. The van der Waals surface area contributed by atoms with Gasteiger partial charge in [0.1, 0.15) is 0 Å². The Morgan fingerprint density at radius 1 is 1.32 bits per heavy atom. The Morgan fingerprint density at radius 3 is 2.68 bits per heavy atom. The molecule has 19 heavy (non-hydrogen) atoms. The molecule has 0 aromatic heterocycles. The van der Waals surface area contributed by atoms with Gasteiger partial charge in [-0.2, -0.15) is 0 Å². The van der Waals surface area contributed by atoms with Crippen LogP contribution in [0.3, 0.4) is 0 Å². The third kappa shape index (κ3) is 4.21.